The molecule has 1 unspecified atom stereocenters. The summed E-state index contributed by atoms with van der Waals surface area (Å²) in [7, 11) is -3.37. The number of thiophene rings is 1. The van der Waals surface area contributed by atoms with Gasteiger partial charge < -0.3 is 0 Å². The van der Waals surface area contributed by atoms with Crippen LogP contribution in [0, 0.1) is 0 Å². The minimum atomic E-state index is -3.37. The Labute approximate surface area is 157 Å². The average Bonchev–Trinajstić information content (AvgIpc) is 3.07. The predicted octanol–water partition coefficient (Wildman–Crippen LogP) is 4.01. The molecule has 1 N–H and O–H groups in total. The summed E-state index contributed by atoms with van der Waals surface area (Å²) in [6.45, 7) is 6.34. The lowest BCUT2D eigenvalue weighted by atomic mass is 10.1. The van der Waals surface area contributed by atoms with Gasteiger partial charge in [0.1, 0.15) is 0 Å². The van der Waals surface area contributed by atoms with Gasteiger partial charge in [0.25, 0.3) is 0 Å². The highest BCUT2D eigenvalue weighted by Crippen LogP contribution is 2.22. The summed E-state index contributed by atoms with van der Waals surface area (Å²) in [6, 6.07) is 9.49. The van der Waals surface area contributed by atoms with Crippen LogP contribution in [0.3, 0.4) is 0 Å². The maximum Gasteiger partial charge on any atom is 0.215 e. The molecule has 2 rings (SSSR count). The smallest absolute Gasteiger partial charge is 0.215 e. The van der Waals surface area contributed by atoms with E-state index in [1.807, 2.05) is 29.6 Å². The van der Waals surface area contributed by atoms with E-state index in [-0.39, 0.29) is 11.8 Å². The van der Waals surface area contributed by atoms with Crippen molar-refractivity contribution in [3.63, 3.8) is 0 Å². The summed E-state index contributed by atoms with van der Waals surface area (Å²) in [6.07, 6.45) is 0. The molecule has 1 atom stereocenters. The van der Waals surface area contributed by atoms with Gasteiger partial charge in [-0.25, -0.2) is 13.1 Å². The van der Waals surface area contributed by atoms with E-state index in [0.717, 1.165) is 28.7 Å². The summed E-state index contributed by atoms with van der Waals surface area (Å²) in [5.74, 6) is -0.00507. The molecule has 0 amide bonds. The van der Waals surface area contributed by atoms with E-state index in [9.17, 15) is 8.42 Å². The molecule has 2 aromatic rings. The van der Waals surface area contributed by atoms with Crippen molar-refractivity contribution < 1.29 is 8.42 Å². The first kappa shape index (κ1) is 19.6. The van der Waals surface area contributed by atoms with E-state index in [0.29, 0.717) is 6.54 Å². The van der Waals surface area contributed by atoms with Gasteiger partial charge in [0, 0.05) is 17.1 Å². The molecular formula is C17H23BrN2O2S2. The summed E-state index contributed by atoms with van der Waals surface area (Å²) in [5, 5.41) is 4.12. The van der Waals surface area contributed by atoms with Gasteiger partial charge in [0.2, 0.25) is 10.0 Å². The van der Waals surface area contributed by atoms with Crippen LogP contribution in [0.25, 0.3) is 0 Å². The van der Waals surface area contributed by atoms with Gasteiger partial charge in [-0.05, 0) is 53.2 Å². The molecule has 24 heavy (non-hydrogen) atoms. The third-order valence-electron chi connectivity index (χ3n) is 3.95. The molecule has 0 saturated heterocycles. The molecule has 7 heteroatoms. The van der Waals surface area contributed by atoms with Crippen molar-refractivity contribution in [1.29, 1.82) is 0 Å². The van der Waals surface area contributed by atoms with Crippen LogP contribution in [0.4, 0.5) is 0 Å². The number of likely N-dealkylation sites (N-methyl/N-ethyl adjacent to an activating group) is 1. The zero-order chi connectivity index (χ0) is 17.6. The van der Waals surface area contributed by atoms with E-state index in [1.165, 1.54) is 0 Å². The lowest BCUT2D eigenvalue weighted by Crippen LogP contribution is -2.38. The molecule has 132 valence electrons. The first-order chi connectivity index (χ1) is 11.4. The van der Waals surface area contributed by atoms with E-state index >= 15 is 0 Å². The third kappa shape index (κ3) is 5.67. The quantitative estimate of drug-likeness (QED) is 0.653. The Kier molecular flexibility index (Phi) is 7.43. The molecule has 0 aliphatic rings. The topological polar surface area (TPSA) is 49.4 Å². The molecule has 0 spiro atoms. The largest absolute Gasteiger partial charge is 0.296 e. The van der Waals surface area contributed by atoms with Gasteiger partial charge >= 0.3 is 0 Å². The summed E-state index contributed by atoms with van der Waals surface area (Å²) < 4.78 is 28.6. The average molecular weight is 431 g/mol. The molecule has 0 radical (unpaired) electrons. The van der Waals surface area contributed by atoms with E-state index in [1.54, 1.807) is 11.3 Å². The lowest BCUT2D eigenvalue weighted by Gasteiger charge is -2.29. The Bertz CT molecular complexity index is 712. The monoisotopic (exact) mass is 430 g/mol. The van der Waals surface area contributed by atoms with Crippen LogP contribution < -0.4 is 4.72 Å². The van der Waals surface area contributed by atoms with Crippen molar-refractivity contribution in [2.75, 3.05) is 19.6 Å². The molecule has 1 aromatic carbocycles. The fourth-order valence-corrected chi connectivity index (χ4v) is 4.76. The molecule has 0 fully saturated rings. The Morgan fingerprint density at radius 1 is 1.17 bits per heavy atom. The number of sulfonamides is 1. The molecule has 0 aliphatic carbocycles. The molecule has 0 aliphatic heterocycles. The van der Waals surface area contributed by atoms with Crippen molar-refractivity contribution in [1.82, 2.24) is 9.62 Å². The second kappa shape index (κ2) is 9.10. The zero-order valence-electron chi connectivity index (χ0n) is 13.9. The predicted molar refractivity (Wildman–Crippen MR) is 105 cm³/mol. The van der Waals surface area contributed by atoms with Gasteiger partial charge in [-0.1, -0.05) is 41.9 Å². The van der Waals surface area contributed by atoms with Gasteiger partial charge in [-0.2, -0.15) is 11.3 Å². The van der Waals surface area contributed by atoms with Crippen molar-refractivity contribution >= 4 is 37.3 Å². The van der Waals surface area contributed by atoms with E-state index < -0.39 is 10.0 Å². The first-order valence-electron chi connectivity index (χ1n) is 7.93. The number of hydrogen-bond donors (Lipinski definition) is 1. The normalized spacial score (nSPS) is 13.3. The van der Waals surface area contributed by atoms with Crippen LogP contribution in [-0.2, 0) is 15.8 Å². The lowest BCUT2D eigenvalue weighted by molar-refractivity contribution is 0.220. The molecule has 4 nitrogen and oxygen atoms in total. The van der Waals surface area contributed by atoms with Crippen molar-refractivity contribution in [2.24, 2.45) is 0 Å². The van der Waals surface area contributed by atoms with Crippen molar-refractivity contribution in [3.05, 3.63) is 56.7 Å². The van der Waals surface area contributed by atoms with Crippen LogP contribution in [0.15, 0.2) is 45.6 Å². The highest BCUT2D eigenvalue weighted by Gasteiger charge is 2.21. The highest BCUT2D eigenvalue weighted by atomic mass is 79.9. The number of nitrogens with zero attached hydrogens (tertiary/aromatic N) is 1. The number of benzene rings is 1. The molecular weight excluding hydrogens is 408 g/mol. The summed E-state index contributed by atoms with van der Waals surface area (Å²) in [4.78, 5) is 2.27. The standard InChI is InChI=1S/C17H23BrN2O2S2/c1-3-20(4-2)17(15-9-10-23-12-15)11-19-24(21,22)13-14-5-7-16(18)8-6-14/h5-10,12,17,19H,3-4,11,13H2,1-2H3. The second-order valence-electron chi connectivity index (χ2n) is 5.53. The number of rotatable bonds is 9. The van der Waals surface area contributed by atoms with Crippen LogP contribution in [0.2, 0.25) is 0 Å². The van der Waals surface area contributed by atoms with Crippen LogP contribution in [0.5, 0.6) is 0 Å². The second-order valence-corrected chi connectivity index (χ2v) is 9.03. The minimum Gasteiger partial charge on any atom is -0.296 e. The Morgan fingerprint density at radius 3 is 2.38 bits per heavy atom. The fourth-order valence-electron chi connectivity index (χ4n) is 2.64. The van der Waals surface area contributed by atoms with Gasteiger partial charge in [-0.3, -0.25) is 4.90 Å². The van der Waals surface area contributed by atoms with E-state index in [2.05, 4.69) is 50.8 Å². The van der Waals surface area contributed by atoms with Gasteiger partial charge in [0.15, 0.2) is 0 Å². The maximum absolute atomic E-state index is 12.4. The number of halogens is 1. The van der Waals surface area contributed by atoms with Gasteiger partial charge in [0.05, 0.1) is 5.75 Å². The Hall–Kier alpha value is -0.730. The number of hydrogen-bond acceptors (Lipinski definition) is 4. The third-order valence-corrected chi connectivity index (χ3v) is 6.50. The van der Waals surface area contributed by atoms with Crippen molar-refractivity contribution in [2.45, 2.75) is 25.6 Å². The van der Waals surface area contributed by atoms with Gasteiger partial charge in [-0.15, -0.1) is 0 Å². The summed E-state index contributed by atoms with van der Waals surface area (Å²) >= 11 is 4.99. The first-order valence-corrected chi connectivity index (χ1v) is 11.3. The van der Waals surface area contributed by atoms with E-state index in [4.69, 9.17) is 0 Å². The highest BCUT2D eigenvalue weighted by molar-refractivity contribution is 9.10. The molecule has 0 saturated carbocycles. The van der Waals surface area contributed by atoms with Crippen LogP contribution in [-0.4, -0.2) is 33.0 Å². The number of nitrogens with one attached hydrogen (secondary N) is 1. The van der Waals surface area contributed by atoms with Crippen molar-refractivity contribution in [3.8, 4) is 0 Å². The molecule has 1 heterocycles. The molecule has 1 aromatic heterocycles. The Morgan fingerprint density at radius 2 is 1.83 bits per heavy atom. The SMILES string of the molecule is CCN(CC)C(CNS(=O)(=O)Cc1ccc(Br)cc1)c1ccsc1. The van der Waals surface area contributed by atoms with Crippen LogP contribution >= 0.6 is 27.3 Å². The fraction of sp³-hybridized carbons (Fsp3) is 0.412. The minimum absolute atomic E-state index is 0.00507. The van der Waals surface area contributed by atoms with Crippen LogP contribution in [0.1, 0.15) is 31.0 Å². The maximum atomic E-state index is 12.4. The Balaban J connectivity index is 2.05. The summed E-state index contributed by atoms with van der Waals surface area (Å²) in [5.41, 5.74) is 1.94. The molecule has 0 bridgehead atoms. The zero-order valence-corrected chi connectivity index (χ0v) is 17.1.